The van der Waals surface area contributed by atoms with Crippen molar-refractivity contribution < 1.29 is 9.18 Å². The lowest BCUT2D eigenvalue weighted by molar-refractivity contribution is -0.138. The molecule has 1 aromatic carbocycles. The predicted molar refractivity (Wildman–Crippen MR) is 80.6 cm³/mol. The third-order valence-corrected chi connectivity index (χ3v) is 4.21. The van der Waals surface area contributed by atoms with Crippen LogP contribution in [0.2, 0.25) is 0 Å². The number of hydrogen-bond acceptors (Lipinski definition) is 2. The molecule has 2 N–H and O–H groups in total. The molecule has 0 spiro atoms. The number of carbonyl (C=O) groups is 1. The lowest BCUT2D eigenvalue weighted by Crippen LogP contribution is -2.50. The van der Waals surface area contributed by atoms with Crippen LogP contribution in [0.25, 0.3) is 0 Å². The van der Waals surface area contributed by atoms with Crippen LogP contribution in [0.1, 0.15) is 38.3 Å². The molecule has 1 heterocycles. The molecule has 110 valence electrons. The fourth-order valence-corrected chi connectivity index (χ4v) is 3.11. The van der Waals surface area contributed by atoms with E-state index in [0.29, 0.717) is 29.8 Å². The van der Waals surface area contributed by atoms with Gasteiger partial charge in [0.1, 0.15) is 5.82 Å². The van der Waals surface area contributed by atoms with Gasteiger partial charge in [0, 0.05) is 19.0 Å². The lowest BCUT2D eigenvalue weighted by atomic mass is 9.90. The highest BCUT2D eigenvalue weighted by atomic mass is 79.9. The van der Waals surface area contributed by atoms with Gasteiger partial charge in [0.05, 0.1) is 10.5 Å². The first kappa shape index (κ1) is 15.4. The van der Waals surface area contributed by atoms with Gasteiger partial charge >= 0.3 is 0 Å². The molecule has 2 unspecified atom stereocenters. The summed E-state index contributed by atoms with van der Waals surface area (Å²) in [6.07, 6.45) is 1.17. The summed E-state index contributed by atoms with van der Waals surface area (Å²) in [5, 5.41) is 0. The van der Waals surface area contributed by atoms with Crippen molar-refractivity contribution in [3.05, 3.63) is 34.1 Å². The van der Waals surface area contributed by atoms with Crippen LogP contribution in [0.15, 0.2) is 22.7 Å². The Bertz CT molecular complexity index is 507. The van der Waals surface area contributed by atoms with Crippen LogP contribution in [0.5, 0.6) is 0 Å². The Morgan fingerprint density at radius 3 is 2.80 bits per heavy atom. The molecule has 1 saturated heterocycles. The molecular formula is C15H20BrFN2O. The third-order valence-electron chi connectivity index (χ3n) is 3.60. The van der Waals surface area contributed by atoms with Crippen LogP contribution in [-0.4, -0.2) is 23.4 Å². The second-order valence-corrected chi connectivity index (χ2v) is 6.62. The molecule has 1 aromatic rings. The molecule has 0 aromatic heterocycles. The fraction of sp³-hybridized carbons (Fsp3) is 0.533. The minimum atomic E-state index is -0.306. The van der Waals surface area contributed by atoms with Crippen LogP contribution in [0.3, 0.4) is 0 Å². The van der Waals surface area contributed by atoms with E-state index in [1.54, 1.807) is 12.1 Å². The predicted octanol–water partition coefficient (Wildman–Crippen LogP) is 3.24. The molecule has 1 aliphatic heterocycles. The summed E-state index contributed by atoms with van der Waals surface area (Å²) in [5.74, 6) is 0.196. The van der Waals surface area contributed by atoms with E-state index in [9.17, 15) is 9.18 Å². The van der Waals surface area contributed by atoms with E-state index < -0.39 is 0 Å². The number of piperidine rings is 1. The van der Waals surface area contributed by atoms with Gasteiger partial charge in [-0.25, -0.2) is 4.39 Å². The molecule has 5 heteroatoms. The molecule has 1 fully saturated rings. The van der Waals surface area contributed by atoms with Crippen molar-refractivity contribution in [3.8, 4) is 0 Å². The summed E-state index contributed by atoms with van der Waals surface area (Å²) in [4.78, 5) is 14.0. The summed E-state index contributed by atoms with van der Waals surface area (Å²) >= 11 is 3.20. The average molecular weight is 343 g/mol. The van der Waals surface area contributed by atoms with Crippen molar-refractivity contribution >= 4 is 21.8 Å². The van der Waals surface area contributed by atoms with Gasteiger partial charge in [-0.2, -0.15) is 0 Å². The maximum atomic E-state index is 13.4. The Balaban J connectivity index is 2.36. The second kappa shape index (κ2) is 6.22. The number of amides is 1. The lowest BCUT2D eigenvalue weighted by Gasteiger charge is -2.41. The van der Waals surface area contributed by atoms with Crippen LogP contribution in [0.4, 0.5) is 4.39 Å². The average Bonchev–Trinajstić information content (AvgIpc) is 2.37. The number of rotatable bonds is 3. The maximum Gasteiger partial charge on any atom is 0.223 e. The molecule has 0 saturated carbocycles. The van der Waals surface area contributed by atoms with Crippen molar-refractivity contribution in [3.63, 3.8) is 0 Å². The van der Waals surface area contributed by atoms with Crippen molar-refractivity contribution in [1.29, 1.82) is 0 Å². The summed E-state index contributed by atoms with van der Waals surface area (Å²) in [7, 11) is 0. The number of nitrogens with two attached hydrogens (primary N) is 1. The van der Waals surface area contributed by atoms with E-state index in [2.05, 4.69) is 29.8 Å². The zero-order chi connectivity index (χ0) is 14.9. The van der Waals surface area contributed by atoms with E-state index in [-0.39, 0.29) is 23.8 Å². The van der Waals surface area contributed by atoms with Gasteiger partial charge in [0.15, 0.2) is 0 Å². The van der Waals surface area contributed by atoms with Crippen molar-refractivity contribution in [2.45, 2.75) is 38.8 Å². The monoisotopic (exact) mass is 342 g/mol. The summed E-state index contributed by atoms with van der Waals surface area (Å²) in [6, 6.07) is 4.58. The molecule has 2 rings (SSSR count). The Labute approximate surface area is 127 Å². The van der Waals surface area contributed by atoms with Gasteiger partial charge in [-0.05, 0) is 46.0 Å². The zero-order valence-corrected chi connectivity index (χ0v) is 13.4. The smallest absolute Gasteiger partial charge is 0.223 e. The highest BCUT2D eigenvalue weighted by Crippen LogP contribution is 2.33. The normalized spacial score (nSPS) is 23.5. The quantitative estimate of drug-likeness (QED) is 0.916. The number of hydrogen-bond donors (Lipinski definition) is 1. The molecule has 3 nitrogen and oxygen atoms in total. The number of carbonyl (C=O) groups excluding carboxylic acids is 1. The molecule has 0 radical (unpaired) electrons. The Morgan fingerprint density at radius 1 is 1.50 bits per heavy atom. The Morgan fingerprint density at radius 2 is 2.20 bits per heavy atom. The third kappa shape index (κ3) is 3.20. The van der Waals surface area contributed by atoms with Crippen molar-refractivity contribution in [2.75, 3.05) is 6.54 Å². The molecule has 0 aliphatic carbocycles. The number of benzene rings is 1. The maximum absolute atomic E-state index is 13.4. The van der Waals surface area contributed by atoms with Crippen molar-refractivity contribution in [2.24, 2.45) is 11.7 Å². The minimum absolute atomic E-state index is 0.108. The first-order chi connectivity index (χ1) is 9.40. The van der Waals surface area contributed by atoms with Crippen LogP contribution in [-0.2, 0) is 4.79 Å². The van der Waals surface area contributed by atoms with Crippen LogP contribution >= 0.6 is 15.9 Å². The number of nitrogens with zero attached hydrogens (tertiary/aromatic N) is 1. The van der Waals surface area contributed by atoms with Gasteiger partial charge in [-0.1, -0.05) is 19.9 Å². The fourth-order valence-electron chi connectivity index (χ4n) is 2.71. The van der Waals surface area contributed by atoms with Crippen LogP contribution < -0.4 is 5.73 Å². The Hall–Kier alpha value is -0.940. The minimum Gasteiger partial charge on any atom is -0.334 e. The van der Waals surface area contributed by atoms with Gasteiger partial charge < -0.3 is 10.6 Å². The molecule has 2 atom stereocenters. The topological polar surface area (TPSA) is 46.3 Å². The molecule has 1 aliphatic rings. The highest BCUT2D eigenvalue weighted by Gasteiger charge is 2.35. The number of likely N-dealkylation sites (tertiary alicyclic amines) is 1. The van der Waals surface area contributed by atoms with Gasteiger partial charge in [0.25, 0.3) is 0 Å². The summed E-state index contributed by atoms with van der Waals surface area (Å²) < 4.78 is 13.8. The Kier molecular flexibility index (Phi) is 4.81. The van der Waals surface area contributed by atoms with E-state index in [0.717, 1.165) is 5.56 Å². The molecule has 0 bridgehead atoms. The van der Waals surface area contributed by atoms with Gasteiger partial charge in [-0.3, -0.25) is 4.79 Å². The molecule has 1 amide bonds. The van der Waals surface area contributed by atoms with E-state index in [1.165, 1.54) is 6.07 Å². The molecular weight excluding hydrogens is 323 g/mol. The summed E-state index contributed by atoms with van der Waals surface area (Å²) in [5.41, 5.74) is 7.11. The van der Waals surface area contributed by atoms with Crippen LogP contribution in [0, 0.1) is 11.7 Å². The van der Waals surface area contributed by atoms with Gasteiger partial charge in [-0.15, -0.1) is 0 Å². The second-order valence-electron chi connectivity index (χ2n) is 5.76. The zero-order valence-electron chi connectivity index (χ0n) is 11.8. The largest absolute Gasteiger partial charge is 0.334 e. The highest BCUT2D eigenvalue weighted by molar-refractivity contribution is 9.10. The first-order valence-corrected chi connectivity index (χ1v) is 7.69. The first-order valence-electron chi connectivity index (χ1n) is 6.90. The van der Waals surface area contributed by atoms with E-state index in [1.807, 2.05) is 4.90 Å². The molecule has 20 heavy (non-hydrogen) atoms. The van der Waals surface area contributed by atoms with E-state index in [4.69, 9.17) is 5.73 Å². The summed E-state index contributed by atoms with van der Waals surface area (Å²) in [6.45, 7) is 4.82. The van der Waals surface area contributed by atoms with Gasteiger partial charge in [0.2, 0.25) is 5.91 Å². The van der Waals surface area contributed by atoms with E-state index >= 15 is 0 Å². The standard InChI is InChI=1S/C15H20BrFN2O/c1-9(2)8-19-14(20)6-5-13(18)15(19)10-3-4-12(17)11(16)7-10/h3-4,7,9,13,15H,5-6,8,18H2,1-2H3. The van der Waals surface area contributed by atoms with Crippen molar-refractivity contribution in [1.82, 2.24) is 4.90 Å². The SMILES string of the molecule is CC(C)CN1C(=O)CCC(N)C1c1ccc(F)c(Br)c1. The number of halogens is 2.